The molecule has 0 fully saturated rings. The number of hydrogen-bond acceptors (Lipinski definition) is 3. The zero-order valence-electron chi connectivity index (χ0n) is 17.6. The van der Waals surface area contributed by atoms with Crippen LogP contribution >= 0.6 is 34.0 Å². The maximum atomic E-state index is 2.35. The molecule has 0 saturated carbocycles. The summed E-state index contributed by atoms with van der Waals surface area (Å²) in [5, 5.41) is 12.3. The van der Waals surface area contributed by atoms with Gasteiger partial charge in [-0.15, -0.1) is 34.0 Å². The molecule has 156 valence electrons. The molecule has 0 amide bonds. The molecule has 0 atom stereocenters. The Labute approximate surface area is 204 Å². The Morgan fingerprint density at radius 2 is 1.18 bits per heavy atom. The molecule has 7 rings (SSSR count). The van der Waals surface area contributed by atoms with E-state index < -0.39 is 0 Å². The molecule has 0 unspecified atom stereocenters. The number of thiophene rings is 3. The predicted octanol–water partition coefficient (Wildman–Crippen LogP) is 10.3. The molecule has 0 aliphatic carbocycles. The quantitative estimate of drug-likeness (QED) is 0.223. The third-order valence-corrected chi connectivity index (χ3v) is 9.54. The van der Waals surface area contributed by atoms with Crippen LogP contribution in [0.3, 0.4) is 0 Å². The molecule has 33 heavy (non-hydrogen) atoms. The minimum Gasteiger partial charge on any atom is -0.143 e. The molecule has 0 spiro atoms. The second-order valence-electron chi connectivity index (χ2n) is 8.19. The van der Waals surface area contributed by atoms with Crippen molar-refractivity contribution in [1.29, 1.82) is 0 Å². The Morgan fingerprint density at radius 3 is 1.94 bits per heavy atom. The molecule has 3 heteroatoms. The van der Waals surface area contributed by atoms with Crippen molar-refractivity contribution in [3.8, 4) is 19.5 Å². The van der Waals surface area contributed by atoms with E-state index in [-0.39, 0.29) is 0 Å². The van der Waals surface area contributed by atoms with Crippen molar-refractivity contribution < 1.29 is 0 Å². The zero-order valence-corrected chi connectivity index (χ0v) is 20.1. The van der Waals surface area contributed by atoms with Gasteiger partial charge < -0.3 is 0 Å². The molecule has 7 aromatic rings. The summed E-state index contributed by atoms with van der Waals surface area (Å²) in [6.07, 6.45) is 4.60. The normalized spacial score (nSPS) is 12.1. The monoisotopic (exact) mass is 474 g/mol. The van der Waals surface area contributed by atoms with Crippen LogP contribution in [0.1, 0.15) is 11.1 Å². The first kappa shape index (κ1) is 19.2. The van der Waals surface area contributed by atoms with E-state index >= 15 is 0 Å². The van der Waals surface area contributed by atoms with Gasteiger partial charge in [0.1, 0.15) is 0 Å². The lowest BCUT2D eigenvalue weighted by Crippen LogP contribution is -1.86. The summed E-state index contributed by atoms with van der Waals surface area (Å²) < 4.78 is 0. The van der Waals surface area contributed by atoms with Crippen LogP contribution in [0, 0.1) is 0 Å². The third kappa shape index (κ3) is 3.16. The average Bonchev–Trinajstić information content (AvgIpc) is 3.63. The van der Waals surface area contributed by atoms with Gasteiger partial charge in [0.05, 0.1) is 4.88 Å². The Kier molecular flexibility index (Phi) is 4.47. The highest BCUT2D eigenvalue weighted by Gasteiger charge is 2.13. The van der Waals surface area contributed by atoms with Gasteiger partial charge in [-0.1, -0.05) is 78.9 Å². The predicted molar refractivity (Wildman–Crippen MR) is 150 cm³/mol. The summed E-state index contributed by atoms with van der Waals surface area (Å²) in [5.74, 6) is 0. The van der Waals surface area contributed by atoms with E-state index in [1.807, 2.05) is 22.7 Å². The van der Waals surface area contributed by atoms with E-state index in [1.165, 1.54) is 63.0 Å². The lowest BCUT2D eigenvalue weighted by atomic mass is 9.92. The van der Waals surface area contributed by atoms with Crippen molar-refractivity contribution in [1.82, 2.24) is 0 Å². The fourth-order valence-corrected chi connectivity index (χ4v) is 7.60. The Balaban J connectivity index is 1.40. The Bertz CT molecular complexity index is 1730. The maximum Gasteiger partial charge on any atom is 0.0521 e. The van der Waals surface area contributed by atoms with E-state index in [4.69, 9.17) is 0 Å². The first-order valence-electron chi connectivity index (χ1n) is 10.9. The van der Waals surface area contributed by atoms with Crippen molar-refractivity contribution in [3.05, 3.63) is 107 Å². The highest BCUT2D eigenvalue weighted by molar-refractivity contribution is 7.26. The molecule has 0 radical (unpaired) electrons. The summed E-state index contributed by atoms with van der Waals surface area (Å²) in [7, 11) is 0. The van der Waals surface area contributed by atoms with E-state index in [1.54, 1.807) is 11.3 Å². The van der Waals surface area contributed by atoms with E-state index in [0.717, 1.165) is 0 Å². The smallest absolute Gasteiger partial charge is 0.0521 e. The molecule has 0 N–H and O–H groups in total. The molecule has 0 aliphatic rings. The first-order valence-corrected chi connectivity index (χ1v) is 13.5. The van der Waals surface area contributed by atoms with Gasteiger partial charge in [-0.05, 0) is 72.4 Å². The van der Waals surface area contributed by atoms with Gasteiger partial charge in [-0.25, -0.2) is 0 Å². The molecular weight excluding hydrogens is 457 g/mol. The van der Waals surface area contributed by atoms with Crippen molar-refractivity contribution in [2.24, 2.45) is 0 Å². The van der Waals surface area contributed by atoms with E-state index in [9.17, 15) is 0 Å². The van der Waals surface area contributed by atoms with Crippen LogP contribution in [0.15, 0.2) is 95.7 Å². The van der Waals surface area contributed by atoms with Crippen molar-refractivity contribution in [3.63, 3.8) is 0 Å². The standard InChI is InChI=1S/C30H18S3/c1-4-20-11-12-22-10-8-19(24-15-14-21(5-1)28(20)29(22)24)9-13-23-18-27(25-6-2-16-31-25)33-30(23)26-7-3-17-32-26/h1-18H. The molecule has 4 aromatic carbocycles. The van der Waals surface area contributed by atoms with Crippen LogP contribution in [0.2, 0.25) is 0 Å². The van der Waals surface area contributed by atoms with Gasteiger partial charge in [-0.3, -0.25) is 0 Å². The van der Waals surface area contributed by atoms with Gasteiger partial charge in [0.15, 0.2) is 0 Å². The van der Waals surface area contributed by atoms with Crippen molar-refractivity contribution in [2.45, 2.75) is 0 Å². The van der Waals surface area contributed by atoms with Gasteiger partial charge in [-0.2, -0.15) is 0 Å². The van der Waals surface area contributed by atoms with Crippen LogP contribution in [0.4, 0.5) is 0 Å². The van der Waals surface area contributed by atoms with E-state index in [0.29, 0.717) is 0 Å². The Morgan fingerprint density at radius 1 is 0.515 bits per heavy atom. The molecule has 3 aromatic heterocycles. The SMILES string of the molecule is C(=Cc1ccc2ccc3cccc4ccc1c2c34)c1cc(-c2cccs2)sc1-c1cccs1. The average molecular weight is 475 g/mol. The minimum atomic E-state index is 1.27. The maximum absolute atomic E-state index is 2.35. The Hall–Kier alpha value is -3.24. The highest BCUT2D eigenvalue weighted by atomic mass is 32.1. The number of hydrogen-bond donors (Lipinski definition) is 0. The summed E-state index contributed by atoms with van der Waals surface area (Å²) in [6.45, 7) is 0. The lowest BCUT2D eigenvalue weighted by Gasteiger charge is -2.12. The van der Waals surface area contributed by atoms with Crippen LogP contribution in [0.25, 0.3) is 64.0 Å². The third-order valence-electron chi connectivity index (χ3n) is 6.27. The molecule has 3 heterocycles. The van der Waals surface area contributed by atoms with Gasteiger partial charge >= 0.3 is 0 Å². The van der Waals surface area contributed by atoms with Crippen LogP contribution in [-0.2, 0) is 0 Å². The second-order valence-corrected chi connectivity index (χ2v) is 11.1. The van der Waals surface area contributed by atoms with E-state index in [2.05, 4.69) is 108 Å². The number of benzene rings is 4. The summed E-state index contributed by atoms with van der Waals surface area (Å²) >= 11 is 5.50. The van der Waals surface area contributed by atoms with Crippen LogP contribution in [0.5, 0.6) is 0 Å². The second kappa shape index (κ2) is 7.67. The van der Waals surface area contributed by atoms with Crippen LogP contribution in [-0.4, -0.2) is 0 Å². The summed E-state index contributed by atoms with van der Waals surface area (Å²) in [6, 6.07) is 31.2. The fraction of sp³-hybridized carbons (Fsp3) is 0. The van der Waals surface area contributed by atoms with Crippen molar-refractivity contribution in [2.75, 3.05) is 0 Å². The van der Waals surface area contributed by atoms with Gasteiger partial charge in [0.25, 0.3) is 0 Å². The van der Waals surface area contributed by atoms with Crippen LogP contribution < -0.4 is 0 Å². The molecule has 0 nitrogen and oxygen atoms in total. The lowest BCUT2D eigenvalue weighted by molar-refractivity contribution is 1.75. The molecule has 0 bridgehead atoms. The summed E-state index contributed by atoms with van der Waals surface area (Å²) in [5.41, 5.74) is 2.55. The molecular formula is C30H18S3. The van der Waals surface area contributed by atoms with Gasteiger partial charge in [0.2, 0.25) is 0 Å². The first-order chi connectivity index (χ1) is 16.3. The largest absolute Gasteiger partial charge is 0.143 e. The topological polar surface area (TPSA) is 0 Å². The zero-order chi connectivity index (χ0) is 21.8. The highest BCUT2D eigenvalue weighted by Crippen LogP contribution is 2.42. The minimum absolute atomic E-state index is 1.27. The molecule has 0 saturated heterocycles. The fourth-order valence-electron chi connectivity index (χ4n) is 4.75. The van der Waals surface area contributed by atoms with Gasteiger partial charge in [0, 0.05) is 14.6 Å². The number of rotatable bonds is 4. The van der Waals surface area contributed by atoms with Crippen molar-refractivity contribution >= 4 is 78.5 Å². The summed E-state index contributed by atoms with van der Waals surface area (Å²) in [4.78, 5) is 5.35. The molecule has 0 aliphatic heterocycles.